The van der Waals surface area contributed by atoms with Gasteiger partial charge in [-0.2, -0.15) is 0 Å². The van der Waals surface area contributed by atoms with E-state index in [4.69, 9.17) is 13.3 Å². The largest absolute Gasteiger partial charge is 0.481 e. The summed E-state index contributed by atoms with van der Waals surface area (Å²) in [6, 6.07) is 0.753. The second-order valence-electron chi connectivity index (χ2n) is 5.98. The van der Waals surface area contributed by atoms with Crippen molar-refractivity contribution < 1.29 is 22.9 Å². The monoisotopic (exact) mass is 381 g/mol. The van der Waals surface area contributed by atoms with E-state index in [-0.39, 0.29) is 19.8 Å². The molecule has 23 heavy (non-hydrogen) atoms. The van der Waals surface area contributed by atoms with Crippen LogP contribution >= 0.6 is 0 Å². The highest BCUT2D eigenvalue weighted by atomic mass is 28.4. The molecule has 0 bridgehead atoms. The molecule has 1 fully saturated rings. The maximum Gasteiger partial charge on any atom is 0.308 e. The number of amides is 1. The van der Waals surface area contributed by atoms with E-state index < -0.39 is 39.3 Å². The van der Waals surface area contributed by atoms with Crippen molar-refractivity contribution in [3.63, 3.8) is 0 Å². The van der Waals surface area contributed by atoms with Crippen LogP contribution in [0.4, 0.5) is 0 Å². The minimum Gasteiger partial charge on any atom is -0.481 e. The molecule has 0 aromatic carbocycles. The van der Waals surface area contributed by atoms with Crippen LogP contribution in [-0.4, -0.2) is 62.3 Å². The molecule has 0 aromatic rings. The van der Waals surface area contributed by atoms with Crippen molar-refractivity contribution in [1.29, 1.82) is 0 Å². The van der Waals surface area contributed by atoms with Crippen LogP contribution in [0, 0.1) is 5.92 Å². The van der Waals surface area contributed by atoms with Crippen LogP contribution in [0.25, 0.3) is 0 Å². The van der Waals surface area contributed by atoms with Crippen molar-refractivity contribution in [2.75, 3.05) is 13.1 Å². The highest BCUT2D eigenvalue weighted by molar-refractivity contribution is 6.76. The van der Waals surface area contributed by atoms with Crippen LogP contribution in [-0.2, 0) is 17.8 Å². The fourth-order valence-electron chi connectivity index (χ4n) is 2.17. The van der Waals surface area contributed by atoms with Crippen LogP contribution < -0.4 is 0 Å². The summed E-state index contributed by atoms with van der Waals surface area (Å²) in [6.07, 6.45) is 0.125. The topological polar surface area (TPSA) is 76.1 Å². The molecule has 2 atom stereocenters. The van der Waals surface area contributed by atoms with Crippen molar-refractivity contribution in [3.8, 4) is 0 Å². The van der Waals surface area contributed by atoms with Gasteiger partial charge in [0.05, 0.1) is 5.92 Å². The third-order valence-electron chi connectivity index (χ3n) is 3.04. The smallest absolute Gasteiger partial charge is 0.308 e. The second-order valence-corrected chi connectivity index (χ2v) is 14.5. The van der Waals surface area contributed by atoms with Gasteiger partial charge in [0.15, 0.2) is 8.32 Å². The number of hydrogen-bond acceptors (Lipinski definition) is 4. The van der Waals surface area contributed by atoms with Crippen LogP contribution in [0.5, 0.6) is 0 Å². The van der Waals surface area contributed by atoms with E-state index >= 15 is 0 Å². The standard InChI is InChI=1S/C11H25NO5Si3.C2H6.CH4/c1-18-16-19(17-20(2,3)4)6-5-12-8-9(11(14)15)7-10(12)13;1-2;/h9,19H,5-8,18H2,1-4H3,(H,14,15);1-2H3;1H4. The molecule has 0 radical (unpaired) electrons. The Morgan fingerprint density at radius 1 is 1.43 bits per heavy atom. The zero-order valence-electron chi connectivity index (χ0n) is 14.7. The molecule has 6 nitrogen and oxygen atoms in total. The lowest BCUT2D eigenvalue weighted by Crippen LogP contribution is -2.40. The molecule has 0 aromatic heterocycles. The Balaban J connectivity index is 0. The number of likely N-dealkylation sites (tertiary alicyclic amines) is 1. The lowest BCUT2D eigenvalue weighted by molar-refractivity contribution is -0.141. The van der Waals surface area contributed by atoms with Gasteiger partial charge >= 0.3 is 15.3 Å². The van der Waals surface area contributed by atoms with Gasteiger partial charge in [0.25, 0.3) is 0 Å². The third kappa shape index (κ3) is 10.1. The summed E-state index contributed by atoms with van der Waals surface area (Å²) in [5.74, 6) is -1.50. The van der Waals surface area contributed by atoms with Crippen molar-refractivity contribution in [3.05, 3.63) is 0 Å². The van der Waals surface area contributed by atoms with Crippen LogP contribution in [0.1, 0.15) is 27.7 Å². The number of aliphatic carboxylic acids is 1. The molecule has 0 saturated carbocycles. The molecule has 0 aliphatic carbocycles. The Kier molecular flexibility index (Phi) is 12.9. The first-order valence-electron chi connectivity index (χ1n) is 8.03. The fourth-order valence-corrected chi connectivity index (χ4v) is 9.36. The van der Waals surface area contributed by atoms with E-state index in [9.17, 15) is 9.59 Å². The Bertz CT molecular complexity index is 363. The molecule has 0 spiro atoms. The Hall–Kier alpha value is -0.489. The van der Waals surface area contributed by atoms with Gasteiger partial charge in [0, 0.05) is 25.6 Å². The molecular formula is C14H35NO5Si3. The van der Waals surface area contributed by atoms with Gasteiger partial charge in [-0.15, -0.1) is 0 Å². The average molecular weight is 382 g/mol. The van der Waals surface area contributed by atoms with E-state index in [1.54, 1.807) is 4.90 Å². The first kappa shape index (κ1) is 24.8. The number of carbonyl (C=O) groups is 2. The molecular weight excluding hydrogens is 346 g/mol. The van der Waals surface area contributed by atoms with Gasteiger partial charge in [0.1, 0.15) is 9.76 Å². The average Bonchev–Trinajstić information content (AvgIpc) is 2.79. The normalized spacial score (nSPS) is 19.3. The molecule has 1 aliphatic rings. The molecule has 1 aliphatic heterocycles. The summed E-state index contributed by atoms with van der Waals surface area (Å²) in [6.45, 7) is 13.4. The van der Waals surface area contributed by atoms with Gasteiger partial charge in [-0.3, -0.25) is 9.59 Å². The molecule has 1 amide bonds. The highest BCUT2D eigenvalue weighted by Gasteiger charge is 2.34. The number of carboxylic acid groups (broad SMARTS) is 1. The maximum absolute atomic E-state index is 11.8. The molecule has 1 saturated heterocycles. The molecule has 1 heterocycles. The van der Waals surface area contributed by atoms with Crippen LogP contribution in [0.3, 0.4) is 0 Å². The summed E-state index contributed by atoms with van der Waals surface area (Å²) in [5.41, 5.74) is 0. The Morgan fingerprint density at radius 2 is 2.00 bits per heavy atom. The second kappa shape index (κ2) is 12.0. The summed E-state index contributed by atoms with van der Waals surface area (Å²) in [7, 11) is -3.85. The van der Waals surface area contributed by atoms with Crippen molar-refractivity contribution in [1.82, 2.24) is 4.90 Å². The van der Waals surface area contributed by atoms with E-state index in [2.05, 4.69) is 26.2 Å². The molecule has 1 rings (SSSR count). The lowest BCUT2D eigenvalue weighted by atomic mass is 10.1. The van der Waals surface area contributed by atoms with Gasteiger partial charge in [-0.25, -0.2) is 0 Å². The maximum atomic E-state index is 11.8. The van der Waals surface area contributed by atoms with E-state index in [1.165, 1.54) is 0 Å². The van der Waals surface area contributed by atoms with Gasteiger partial charge in [-0.05, 0) is 19.6 Å². The summed E-state index contributed by atoms with van der Waals surface area (Å²) < 4.78 is 11.9. The van der Waals surface area contributed by atoms with Crippen molar-refractivity contribution >= 4 is 39.2 Å². The van der Waals surface area contributed by atoms with Crippen LogP contribution in [0.2, 0.25) is 32.2 Å². The molecule has 1 N–H and O–H groups in total. The number of carboxylic acids is 1. The SMILES string of the molecule is C.CC.C[SiH2]O[SiH](CCN1CC(C(=O)O)CC1=O)O[Si](C)(C)C. The zero-order chi connectivity index (χ0) is 17.3. The fraction of sp³-hybridized carbons (Fsp3) is 0.857. The number of carbonyl (C=O) groups excluding carboxylic acids is 1. The van der Waals surface area contributed by atoms with Crippen LogP contribution in [0.15, 0.2) is 0 Å². The highest BCUT2D eigenvalue weighted by Crippen LogP contribution is 2.19. The lowest BCUT2D eigenvalue weighted by Gasteiger charge is -2.27. The molecule has 2 unspecified atom stereocenters. The van der Waals surface area contributed by atoms with Crippen molar-refractivity contribution in [2.24, 2.45) is 5.92 Å². The molecule has 138 valence electrons. The predicted molar refractivity (Wildman–Crippen MR) is 102 cm³/mol. The number of hydrogen-bond donors (Lipinski definition) is 1. The van der Waals surface area contributed by atoms with E-state index in [0.717, 1.165) is 6.04 Å². The first-order valence-corrected chi connectivity index (χ1v) is 15.2. The summed E-state index contributed by atoms with van der Waals surface area (Å²) in [4.78, 5) is 24.3. The minimum atomic E-state index is -1.71. The molecule has 9 heteroatoms. The predicted octanol–water partition coefficient (Wildman–Crippen LogP) is 1.80. The Labute approximate surface area is 146 Å². The van der Waals surface area contributed by atoms with Crippen molar-refractivity contribution in [2.45, 2.75) is 59.9 Å². The minimum absolute atomic E-state index is 0. The van der Waals surface area contributed by atoms with E-state index in [1.807, 2.05) is 13.8 Å². The van der Waals surface area contributed by atoms with Gasteiger partial charge < -0.3 is 18.2 Å². The number of nitrogens with zero attached hydrogens (tertiary/aromatic N) is 1. The summed E-state index contributed by atoms with van der Waals surface area (Å²) >= 11 is 0. The Morgan fingerprint density at radius 3 is 2.39 bits per heavy atom. The quantitative estimate of drug-likeness (QED) is 0.649. The van der Waals surface area contributed by atoms with Gasteiger partial charge in [-0.1, -0.05) is 27.8 Å². The van der Waals surface area contributed by atoms with Gasteiger partial charge in [0.2, 0.25) is 5.91 Å². The number of rotatable bonds is 8. The first-order chi connectivity index (χ1) is 10.2. The third-order valence-corrected chi connectivity index (χ3v) is 10.5. The summed E-state index contributed by atoms with van der Waals surface area (Å²) in [5, 5.41) is 8.95. The van der Waals surface area contributed by atoms with E-state index in [0.29, 0.717) is 13.1 Å². The zero-order valence-corrected chi connectivity index (χ0v) is 18.3.